The third-order valence-corrected chi connectivity index (χ3v) is 4.80. The molecule has 0 radical (unpaired) electrons. The van der Waals surface area contributed by atoms with Crippen LogP contribution in [0.1, 0.15) is 55.8 Å². The van der Waals surface area contributed by atoms with Crippen LogP contribution in [-0.4, -0.2) is 45.0 Å². The summed E-state index contributed by atoms with van der Waals surface area (Å²) in [6, 6.07) is 1.85. The lowest BCUT2D eigenvalue weighted by atomic mass is 9.93. The van der Waals surface area contributed by atoms with Crippen LogP contribution >= 0.6 is 12.4 Å². The second-order valence-corrected chi connectivity index (χ2v) is 6.33. The van der Waals surface area contributed by atoms with Gasteiger partial charge in [0.05, 0.1) is 32.6 Å². The summed E-state index contributed by atoms with van der Waals surface area (Å²) in [5, 5.41) is 9.81. The van der Waals surface area contributed by atoms with Crippen molar-refractivity contribution in [3.05, 3.63) is 11.6 Å². The van der Waals surface area contributed by atoms with Crippen molar-refractivity contribution in [1.29, 1.82) is 0 Å². The number of rotatable bonds is 8. The van der Waals surface area contributed by atoms with Crippen LogP contribution in [-0.2, 0) is 0 Å². The second-order valence-electron chi connectivity index (χ2n) is 6.33. The highest BCUT2D eigenvalue weighted by Gasteiger charge is 2.31. The molecule has 0 saturated heterocycles. The van der Waals surface area contributed by atoms with E-state index in [0.717, 1.165) is 25.8 Å². The van der Waals surface area contributed by atoms with Crippen LogP contribution in [0.25, 0.3) is 0 Å². The number of carboxylic acid groups (broad SMARTS) is 1. The zero-order valence-electron chi connectivity index (χ0n) is 16.0. The lowest BCUT2D eigenvalue weighted by molar-refractivity contribution is 0.0696. The SMILES string of the molecule is CCCN(c1c(C(=O)O)cc(OC)c(OC)c1OC)C1CCCCC1.Cl. The van der Waals surface area contributed by atoms with E-state index in [9.17, 15) is 9.90 Å². The normalized spacial score (nSPS) is 14.3. The van der Waals surface area contributed by atoms with Crippen LogP contribution in [0.3, 0.4) is 0 Å². The lowest BCUT2D eigenvalue weighted by Crippen LogP contribution is -2.38. The van der Waals surface area contributed by atoms with Gasteiger partial charge in [0, 0.05) is 18.7 Å². The van der Waals surface area contributed by atoms with E-state index in [2.05, 4.69) is 11.8 Å². The molecule has 1 aliphatic carbocycles. The molecule has 0 amide bonds. The van der Waals surface area contributed by atoms with E-state index in [1.165, 1.54) is 46.7 Å². The molecule has 0 atom stereocenters. The monoisotopic (exact) mass is 387 g/mol. The summed E-state index contributed by atoms with van der Waals surface area (Å²) in [6.07, 6.45) is 6.64. The third-order valence-electron chi connectivity index (χ3n) is 4.80. The minimum Gasteiger partial charge on any atom is -0.493 e. The number of hydrogen-bond acceptors (Lipinski definition) is 5. The maximum absolute atomic E-state index is 12.0. The van der Waals surface area contributed by atoms with Crippen LogP contribution in [0.15, 0.2) is 6.07 Å². The predicted molar refractivity (Wildman–Crippen MR) is 105 cm³/mol. The standard InChI is InChI=1S/C19H29NO5.ClH/c1-5-11-20(13-9-7-6-8-10-13)16-14(19(21)22)12-15(23-2)17(24-3)18(16)25-4;/h12-13H,5-11H2,1-4H3,(H,21,22);1H. The molecule has 0 heterocycles. The van der Waals surface area contributed by atoms with E-state index in [4.69, 9.17) is 14.2 Å². The molecule has 2 rings (SSSR count). The fourth-order valence-electron chi connectivity index (χ4n) is 3.70. The van der Waals surface area contributed by atoms with E-state index in [1.54, 1.807) is 0 Å². The van der Waals surface area contributed by atoms with E-state index in [1.807, 2.05) is 0 Å². The first-order valence-electron chi connectivity index (χ1n) is 8.91. The summed E-state index contributed by atoms with van der Waals surface area (Å²) in [4.78, 5) is 14.2. The van der Waals surface area contributed by atoms with Gasteiger partial charge in [-0.25, -0.2) is 4.79 Å². The Balaban J connectivity index is 0.00000338. The minimum absolute atomic E-state index is 0. The van der Waals surface area contributed by atoms with Gasteiger partial charge in [0.25, 0.3) is 0 Å². The van der Waals surface area contributed by atoms with Gasteiger partial charge < -0.3 is 24.2 Å². The number of methoxy groups -OCH3 is 3. The maximum Gasteiger partial charge on any atom is 0.338 e. The van der Waals surface area contributed by atoms with E-state index < -0.39 is 5.97 Å². The largest absolute Gasteiger partial charge is 0.493 e. The molecule has 0 bridgehead atoms. The van der Waals surface area contributed by atoms with Crippen molar-refractivity contribution in [2.24, 2.45) is 0 Å². The van der Waals surface area contributed by atoms with Crippen molar-refractivity contribution in [2.75, 3.05) is 32.8 Å². The first kappa shape index (κ1) is 22.2. The number of ether oxygens (including phenoxy) is 3. The van der Waals surface area contributed by atoms with Crippen LogP contribution in [0, 0.1) is 0 Å². The highest BCUT2D eigenvalue weighted by atomic mass is 35.5. The quantitative estimate of drug-likeness (QED) is 0.713. The van der Waals surface area contributed by atoms with Gasteiger partial charge in [0.1, 0.15) is 0 Å². The molecule has 148 valence electrons. The molecule has 1 N–H and O–H groups in total. The van der Waals surface area contributed by atoms with Crippen molar-refractivity contribution < 1.29 is 24.1 Å². The molecule has 0 aromatic heterocycles. The number of hydrogen-bond donors (Lipinski definition) is 1. The Morgan fingerprint density at radius 1 is 1.12 bits per heavy atom. The van der Waals surface area contributed by atoms with E-state index in [-0.39, 0.29) is 18.0 Å². The Morgan fingerprint density at radius 2 is 1.73 bits per heavy atom. The van der Waals surface area contributed by atoms with E-state index in [0.29, 0.717) is 29.0 Å². The van der Waals surface area contributed by atoms with Crippen molar-refractivity contribution >= 4 is 24.1 Å². The Kier molecular flexibility index (Phi) is 8.85. The molecule has 6 nitrogen and oxygen atoms in total. The first-order valence-corrected chi connectivity index (χ1v) is 8.91. The zero-order valence-corrected chi connectivity index (χ0v) is 16.9. The number of aromatic carboxylic acids is 1. The van der Waals surface area contributed by atoms with Crippen molar-refractivity contribution in [2.45, 2.75) is 51.5 Å². The smallest absolute Gasteiger partial charge is 0.338 e. The number of anilines is 1. The number of halogens is 1. The van der Waals surface area contributed by atoms with Gasteiger partial charge in [0.2, 0.25) is 5.75 Å². The third kappa shape index (κ3) is 4.47. The Morgan fingerprint density at radius 3 is 2.19 bits per heavy atom. The van der Waals surface area contributed by atoms with Gasteiger partial charge in [-0.3, -0.25) is 0 Å². The van der Waals surface area contributed by atoms with Crippen LogP contribution < -0.4 is 19.1 Å². The number of benzene rings is 1. The van der Waals surface area contributed by atoms with Crippen LogP contribution in [0.5, 0.6) is 17.2 Å². The minimum atomic E-state index is -0.994. The topological polar surface area (TPSA) is 68.2 Å². The lowest BCUT2D eigenvalue weighted by Gasteiger charge is -2.38. The molecule has 0 aliphatic heterocycles. The molecule has 1 aromatic carbocycles. The summed E-state index contributed by atoms with van der Waals surface area (Å²) in [6.45, 7) is 2.88. The average molecular weight is 388 g/mol. The van der Waals surface area contributed by atoms with Gasteiger partial charge in [0.15, 0.2) is 11.5 Å². The fraction of sp³-hybridized carbons (Fsp3) is 0.632. The summed E-state index contributed by atoms with van der Waals surface area (Å²) in [7, 11) is 4.57. The Labute approximate surface area is 161 Å². The maximum atomic E-state index is 12.0. The molecule has 1 aliphatic rings. The highest BCUT2D eigenvalue weighted by Crippen LogP contribution is 2.48. The average Bonchev–Trinajstić information content (AvgIpc) is 2.64. The number of carbonyl (C=O) groups is 1. The Bertz CT molecular complexity index is 602. The van der Waals surface area contributed by atoms with E-state index >= 15 is 0 Å². The van der Waals surface area contributed by atoms with Gasteiger partial charge in [-0.1, -0.05) is 26.2 Å². The Hall–Kier alpha value is -1.82. The summed E-state index contributed by atoms with van der Waals surface area (Å²) >= 11 is 0. The molecule has 1 fully saturated rings. The van der Waals surface area contributed by atoms with Crippen LogP contribution in [0.2, 0.25) is 0 Å². The number of carboxylic acids is 1. The molecular formula is C19H30ClNO5. The van der Waals surface area contributed by atoms with Crippen molar-refractivity contribution in [3.63, 3.8) is 0 Å². The molecule has 0 unspecified atom stereocenters. The van der Waals surface area contributed by atoms with Crippen molar-refractivity contribution in [1.82, 2.24) is 0 Å². The first-order chi connectivity index (χ1) is 12.1. The molecule has 26 heavy (non-hydrogen) atoms. The van der Waals surface area contributed by atoms with Gasteiger partial charge in [-0.05, 0) is 19.3 Å². The summed E-state index contributed by atoms with van der Waals surface area (Å²) < 4.78 is 16.4. The fourth-order valence-corrected chi connectivity index (χ4v) is 3.70. The van der Waals surface area contributed by atoms with Crippen LogP contribution in [0.4, 0.5) is 5.69 Å². The molecule has 1 saturated carbocycles. The van der Waals surface area contributed by atoms with Gasteiger partial charge >= 0.3 is 5.97 Å². The molecule has 7 heteroatoms. The molecule has 0 spiro atoms. The van der Waals surface area contributed by atoms with Gasteiger partial charge in [-0.15, -0.1) is 12.4 Å². The van der Waals surface area contributed by atoms with Gasteiger partial charge in [-0.2, -0.15) is 0 Å². The summed E-state index contributed by atoms with van der Waals surface area (Å²) in [5.41, 5.74) is 0.787. The molecule has 1 aromatic rings. The second kappa shape index (κ2) is 10.4. The predicted octanol–water partition coefficient (Wildman–Crippen LogP) is 4.38. The zero-order chi connectivity index (χ0) is 18.4. The highest BCUT2D eigenvalue weighted by molar-refractivity contribution is 5.98. The molecular weight excluding hydrogens is 358 g/mol. The summed E-state index contributed by atoms with van der Waals surface area (Å²) in [5.74, 6) is 0.229. The number of nitrogens with zero attached hydrogens (tertiary/aromatic N) is 1. The van der Waals surface area contributed by atoms with Crippen molar-refractivity contribution in [3.8, 4) is 17.2 Å².